The summed E-state index contributed by atoms with van der Waals surface area (Å²) in [5.41, 5.74) is 1.68. The lowest BCUT2D eigenvalue weighted by molar-refractivity contribution is 0.191. The van der Waals surface area contributed by atoms with E-state index in [-0.39, 0.29) is 23.8 Å². The maximum atomic E-state index is 11.1. The van der Waals surface area contributed by atoms with Crippen molar-refractivity contribution in [3.8, 4) is 0 Å². The van der Waals surface area contributed by atoms with Gasteiger partial charge in [0.05, 0.1) is 11.9 Å². The predicted molar refractivity (Wildman–Crippen MR) is 92.6 cm³/mol. The Morgan fingerprint density at radius 1 is 1.50 bits per heavy atom. The fourth-order valence-corrected chi connectivity index (χ4v) is 3.88. The molecule has 0 saturated heterocycles. The molecule has 5 heteroatoms. The van der Waals surface area contributed by atoms with Crippen LogP contribution in [0.4, 0.5) is 0 Å². The molecule has 4 nitrogen and oxygen atoms in total. The summed E-state index contributed by atoms with van der Waals surface area (Å²) in [5.74, 6) is 0.236. The lowest BCUT2D eigenvalue weighted by Gasteiger charge is -2.37. The second-order valence-electron chi connectivity index (χ2n) is 7.28. The summed E-state index contributed by atoms with van der Waals surface area (Å²) < 4.78 is 22.2. The van der Waals surface area contributed by atoms with Gasteiger partial charge in [-0.15, -0.1) is 0 Å². The Balaban J connectivity index is 2.52. The van der Waals surface area contributed by atoms with Crippen molar-refractivity contribution in [3.63, 3.8) is 0 Å². The number of hydrogen-bond donors (Lipinski definition) is 2. The fraction of sp³-hybridized carbons (Fsp3) is 0.765. The standard InChI is InChI=1S/C17H31NO3S/c1-13-7-6-10-17(3,4)16(13)9-8-14(2)18-11-15(19)12-22(5,20)21/h7-9,14-16,18-19H,6,10-12H2,1-5H3/b9-8+. The molecular weight excluding hydrogens is 298 g/mol. The Morgan fingerprint density at radius 2 is 2.14 bits per heavy atom. The van der Waals surface area contributed by atoms with Gasteiger partial charge in [0.2, 0.25) is 0 Å². The molecule has 1 aliphatic rings. The first-order chi connectivity index (χ1) is 10.0. The highest BCUT2D eigenvalue weighted by Gasteiger charge is 2.30. The summed E-state index contributed by atoms with van der Waals surface area (Å²) in [6.45, 7) is 9.07. The Hall–Kier alpha value is -0.650. The number of allylic oxidation sites excluding steroid dienone is 3. The molecule has 0 radical (unpaired) electrons. The van der Waals surface area contributed by atoms with E-state index in [4.69, 9.17) is 0 Å². The Kier molecular flexibility index (Phi) is 6.84. The Bertz CT molecular complexity index is 520. The molecule has 0 aromatic carbocycles. The maximum Gasteiger partial charge on any atom is 0.150 e. The molecule has 0 amide bonds. The zero-order chi connectivity index (χ0) is 17.0. The maximum absolute atomic E-state index is 11.1. The van der Waals surface area contributed by atoms with E-state index in [9.17, 15) is 13.5 Å². The van der Waals surface area contributed by atoms with Crippen LogP contribution in [0.5, 0.6) is 0 Å². The van der Waals surface area contributed by atoms with Gasteiger partial charge in [-0.25, -0.2) is 8.42 Å². The van der Waals surface area contributed by atoms with E-state index in [1.165, 1.54) is 12.0 Å². The van der Waals surface area contributed by atoms with Gasteiger partial charge in [-0.2, -0.15) is 0 Å². The summed E-state index contributed by atoms with van der Waals surface area (Å²) in [6, 6.07) is 0.0970. The first-order valence-electron chi connectivity index (χ1n) is 7.95. The topological polar surface area (TPSA) is 66.4 Å². The first-order valence-corrected chi connectivity index (χ1v) is 10.0. The summed E-state index contributed by atoms with van der Waals surface area (Å²) >= 11 is 0. The lowest BCUT2D eigenvalue weighted by Crippen LogP contribution is -2.36. The largest absolute Gasteiger partial charge is 0.391 e. The van der Waals surface area contributed by atoms with Crippen molar-refractivity contribution in [3.05, 3.63) is 23.8 Å². The van der Waals surface area contributed by atoms with Crippen LogP contribution in [-0.2, 0) is 9.84 Å². The molecule has 1 rings (SSSR count). The molecule has 0 spiro atoms. The van der Waals surface area contributed by atoms with E-state index in [0.29, 0.717) is 5.92 Å². The van der Waals surface area contributed by atoms with Crippen LogP contribution in [0.1, 0.15) is 40.5 Å². The predicted octanol–water partition coefficient (Wildman–Crippen LogP) is 2.31. The van der Waals surface area contributed by atoms with E-state index < -0.39 is 15.9 Å². The molecule has 128 valence electrons. The molecule has 3 unspecified atom stereocenters. The summed E-state index contributed by atoms with van der Waals surface area (Å²) in [7, 11) is -3.14. The van der Waals surface area contributed by atoms with Crippen LogP contribution < -0.4 is 5.32 Å². The molecule has 0 aromatic rings. The van der Waals surface area contributed by atoms with Gasteiger partial charge in [-0.3, -0.25) is 0 Å². The summed E-state index contributed by atoms with van der Waals surface area (Å²) in [5, 5.41) is 12.9. The smallest absolute Gasteiger partial charge is 0.150 e. The van der Waals surface area contributed by atoms with Crippen molar-refractivity contribution in [1.82, 2.24) is 5.32 Å². The minimum atomic E-state index is -3.14. The highest BCUT2D eigenvalue weighted by atomic mass is 32.2. The van der Waals surface area contributed by atoms with Gasteiger partial charge in [0.25, 0.3) is 0 Å². The van der Waals surface area contributed by atoms with Gasteiger partial charge >= 0.3 is 0 Å². The van der Waals surface area contributed by atoms with E-state index in [0.717, 1.165) is 12.7 Å². The molecule has 0 saturated carbocycles. The van der Waals surface area contributed by atoms with Gasteiger partial charge in [0.1, 0.15) is 9.84 Å². The van der Waals surface area contributed by atoms with Crippen LogP contribution in [0.25, 0.3) is 0 Å². The van der Waals surface area contributed by atoms with Gasteiger partial charge in [-0.05, 0) is 32.1 Å². The Labute approximate surface area is 135 Å². The first kappa shape index (κ1) is 19.4. The highest BCUT2D eigenvalue weighted by Crippen LogP contribution is 2.41. The third-order valence-corrected chi connectivity index (χ3v) is 5.34. The van der Waals surface area contributed by atoms with Crippen LogP contribution in [-0.4, -0.2) is 44.2 Å². The van der Waals surface area contributed by atoms with Gasteiger partial charge in [0.15, 0.2) is 0 Å². The molecule has 0 aromatic heterocycles. The molecule has 1 aliphatic carbocycles. The number of aliphatic hydroxyl groups excluding tert-OH is 1. The Morgan fingerprint density at radius 3 is 2.68 bits per heavy atom. The third kappa shape index (κ3) is 6.63. The molecule has 0 fully saturated rings. The number of nitrogens with one attached hydrogen (secondary N) is 1. The van der Waals surface area contributed by atoms with Crippen molar-refractivity contribution in [2.24, 2.45) is 11.3 Å². The molecule has 22 heavy (non-hydrogen) atoms. The average Bonchev–Trinajstić information content (AvgIpc) is 2.33. The van der Waals surface area contributed by atoms with Crippen molar-refractivity contribution >= 4 is 9.84 Å². The molecule has 0 bridgehead atoms. The van der Waals surface area contributed by atoms with E-state index in [1.54, 1.807) is 0 Å². The second-order valence-corrected chi connectivity index (χ2v) is 9.47. The fourth-order valence-electron chi connectivity index (χ4n) is 3.06. The van der Waals surface area contributed by atoms with Crippen molar-refractivity contribution in [2.75, 3.05) is 18.6 Å². The lowest BCUT2D eigenvalue weighted by atomic mass is 9.68. The van der Waals surface area contributed by atoms with Gasteiger partial charge in [0, 0.05) is 24.8 Å². The summed E-state index contributed by atoms with van der Waals surface area (Å²) in [4.78, 5) is 0. The van der Waals surface area contributed by atoms with Crippen LogP contribution in [0, 0.1) is 11.3 Å². The molecule has 2 N–H and O–H groups in total. The zero-order valence-corrected chi connectivity index (χ0v) is 15.3. The minimum Gasteiger partial charge on any atom is -0.391 e. The van der Waals surface area contributed by atoms with Crippen LogP contribution >= 0.6 is 0 Å². The zero-order valence-electron chi connectivity index (χ0n) is 14.5. The molecule has 3 atom stereocenters. The molecule has 0 aliphatic heterocycles. The number of hydrogen-bond acceptors (Lipinski definition) is 4. The van der Waals surface area contributed by atoms with Crippen molar-refractivity contribution < 1.29 is 13.5 Å². The van der Waals surface area contributed by atoms with Crippen LogP contribution in [0.15, 0.2) is 23.8 Å². The van der Waals surface area contributed by atoms with Gasteiger partial charge in [-0.1, -0.05) is 37.6 Å². The van der Waals surface area contributed by atoms with Crippen LogP contribution in [0.2, 0.25) is 0 Å². The average molecular weight is 330 g/mol. The molecular formula is C17H31NO3S. The SMILES string of the molecule is CC1=CCCC(C)(C)C1/C=C/C(C)NCC(O)CS(C)(=O)=O. The summed E-state index contributed by atoms with van der Waals surface area (Å²) in [6.07, 6.45) is 9.28. The van der Waals surface area contributed by atoms with E-state index in [2.05, 4.69) is 44.3 Å². The highest BCUT2D eigenvalue weighted by molar-refractivity contribution is 7.90. The van der Waals surface area contributed by atoms with Crippen molar-refractivity contribution in [2.45, 2.75) is 52.7 Å². The van der Waals surface area contributed by atoms with E-state index >= 15 is 0 Å². The number of rotatable bonds is 7. The molecule has 0 heterocycles. The second kappa shape index (κ2) is 7.75. The quantitative estimate of drug-likeness (QED) is 0.704. The monoisotopic (exact) mass is 329 g/mol. The van der Waals surface area contributed by atoms with E-state index in [1.807, 2.05) is 6.92 Å². The number of sulfone groups is 1. The van der Waals surface area contributed by atoms with Crippen molar-refractivity contribution in [1.29, 1.82) is 0 Å². The minimum absolute atomic E-state index is 0.0970. The number of aliphatic hydroxyl groups is 1. The third-order valence-electron chi connectivity index (χ3n) is 4.35. The van der Waals surface area contributed by atoms with Crippen LogP contribution in [0.3, 0.4) is 0 Å². The normalized spacial score (nSPS) is 25.0. The van der Waals surface area contributed by atoms with Gasteiger partial charge < -0.3 is 10.4 Å².